The third-order valence-electron chi connectivity index (χ3n) is 3.86. The monoisotopic (exact) mass is 308 g/mol. The first kappa shape index (κ1) is 15.2. The van der Waals surface area contributed by atoms with Crippen LogP contribution in [0.4, 0.5) is 4.79 Å². The lowest BCUT2D eigenvalue weighted by molar-refractivity contribution is 0.240. The highest BCUT2D eigenvalue weighted by atomic mass is 16.5. The summed E-state index contributed by atoms with van der Waals surface area (Å²) in [6, 6.07) is 12.4. The molecule has 1 aliphatic rings. The van der Waals surface area contributed by atoms with Gasteiger partial charge in [-0.3, -0.25) is 0 Å². The molecule has 23 heavy (non-hydrogen) atoms. The summed E-state index contributed by atoms with van der Waals surface area (Å²) in [5, 5.41) is 8.11. The molecule has 4 nitrogen and oxygen atoms in total. The first-order chi connectivity index (χ1) is 11.3. The Hall–Kier alpha value is -2.67. The van der Waals surface area contributed by atoms with Crippen molar-refractivity contribution < 1.29 is 9.53 Å². The minimum atomic E-state index is -0.0780. The average Bonchev–Trinajstić information content (AvgIpc) is 3.37. The molecule has 0 spiro atoms. The Balaban J connectivity index is 1.66. The number of benzene rings is 2. The summed E-state index contributed by atoms with van der Waals surface area (Å²) in [6.45, 7) is 0.865. The van der Waals surface area contributed by atoms with E-state index in [0.29, 0.717) is 12.6 Å². The Morgan fingerprint density at radius 2 is 2.17 bits per heavy atom. The molecule has 1 fully saturated rings. The molecule has 3 rings (SSSR count). The van der Waals surface area contributed by atoms with E-state index in [0.717, 1.165) is 35.8 Å². The van der Waals surface area contributed by atoms with Gasteiger partial charge in [0.05, 0.1) is 0 Å². The Bertz CT molecular complexity index is 745. The normalized spacial score (nSPS) is 13.3. The largest absolute Gasteiger partial charge is 0.481 e. The highest BCUT2D eigenvalue weighted by Gasteiger charge is 2.22. The highest BCUT2D eigenvalue weighted by molar-refractivity contribution is 5.87. The van der Waals surface area contributed by atoms with Crippen molar-refractivity contribution in [2.75, 3.05) is 13.2 Å². The van der Waals surface area contributed by atoms with Crippen molar-refractivity contribution in [2.24, 2.45) is 0 Å². The summed E-state index contributed by atoms with van der Waals surface area (Å²) in [5.41, 5.74) is 1.18. The molecule has 0 radical (unpaired) electrons. The number of fused-ring (bicyclic) bond motifs is 1. The van der Waals surface area contributed by atoms with E-state index < -0.39 is 0 Å². The van der Waals surface area contributed by atoms with Crippen molar-refractivity contribution in [3.63, 3.8) is 0 Å². The summed E-state index contributed by atoms with van der Waals surface area (Å²) in [7, 11) is 0. The standard InChI is InChI=1S/C19H20N2O2/c1-2-12-23-17-9-6-14-4-3-5-15(18(14)13-17)10-11-20-19(22)21-16-7-8-16/h1,3-6,9,13,16H,7-8,10-12H2,(H2,20,21,22). The fourth-order valence-electron chi connectivity index (χ4n) is 2.52. The quantitative estimate of drug-likeness (QED) is 0.806. The molecule has 0 bridgehead atoms. The molecule has 0 heterocycles. The van der Waals surface area contributed by atoms with E-state index in [9.17, 15) is 4.79 Å². The zero-order chi connectivity index (χ0) is 16.1. The van der Waals surface area contributed by atoms with Gasteiger partial charge in [-0.25, -0.2) is 4.79 Å². The number of hydrogen-bond acceptors (Lipinski definition) is 2. The van der Waals surface area contributed by atoms with E-state index in [4.69, 9.17) is 11.2 Å². The van der Waals surface area contributed by atoms with Gasteiger partial charge >= 0.3 is 6.03 Å². The molecule has 0 saturated heterocycles. The highest BCUT2D eigenvalue weighted by Crippen LogP contribution is 2.24. The summed E-state index contributed by atoms with van der Waals surface area (Å²) in [6.07, 6.45) is 8.19. The number of hydrogen-bond donors (Lipinski definition) is 2. The molecule has 0 atom stereocenters. The number of carbonyl (C=O) groups excluding carboxylic acids is 1. The molecule has 2 amide bonds. The molecule has 118 valence electrons. The van der Waals surface area contributed by atoms with Crippen LogP contribution >= 0.6 is 0 Å². The van der Waals surface area contributed by atoms with Crippen molar-refractivity contribution in [1.82, 2.24) is 10.6 Å². The molecule has 1 aliphatic carbocycles. The molecular weight excluding hydrogens is 288 g/mol. The summed E-state index contributed by atoms with van der Waals surface area (Å²) >= 11 is 0. The van der Waals surface area contributed by atoms with Crippen LogP contribution in [0.3, 0.4) is 0 Å². The van der Waals surface area contributed by atoms with Crippen LogP contribution in [-0.4, -0.2) is 25.2 Å². The Morgan fingerprint density at radius 1 is 1.30 bits per heavy atom. The molecule has 1 saturated carbocycles. The summed E-state index contributed by atoms with van der Waals surface area (Å²) in [5.74, 6) is 3.24. The predicted molar refractivity (Wildman–Crippen MR) is 91.5 cm³/mol. The molecular formula is C19H20N2O2. The van der Waals surface area contributed by atoms with Gasteiger partial charge in [-0.2, -0.15) is 0 Å². The lowest BCUT2D eigenvalue weighted by Crippen LogP contribution is -2.37. The van der Waals surface area contributed by atoms with E-state index in [1.165, 1.54) is 5.56 Å². The van der Waals surface area contributed by atoms with Crippen molar-refractivity contribution >= 4 is 16.8 Å². The van der Waals surface area contributed by atoms with Crippen LogP contribution in [0.25, 0.3) is 10.8 Å². The number of terminal acetylenes is 1. The Morgan fingerprint density at radius 3 is 2.96 bits per heavy atom. The van der Waals surface area contributed by atoms with Crippen molar-refractivity contribution in [1.29, 1.82) is 0 Å². The van der Waals surface area contributed by atoms with Gasteiger partial charge in [0, 0.05) is 12.6 Å². The summed E-state index contributed by atoms with van der Waals surface area (Å²) < 4.78 is 5.50. The van der Waals surface area contributed by atoms with Crippen LogP contribution in [-0.2, 0) is 6.42 Å². The van der Waals surface area contributed by atoms with Crippen LogP contribution in [0, 0.1) is 12.3 Å². The maximum Gasteiger partial charge on any atom is 0.315 e. The van der Waals surface area contributed by atoms with Gasteiger partial charge in [-0.1, -0.05) is 30.2 Å². The minimum absolute atomic E-state index is 0.0780. The SMILES string of the molecule is C#CCOc1ccc2cccc(CCNC(=O)NC3CC3)c2c1. The minimum Gasteiger partial charge on any atom is -0.481 e. The average molecular weight is 308 g/mol. The summed E-state index contributed by atoms with van der Waals surface area (Å²) in [4.78, 5) is 11.7. The van der Waals surface area contributed by atoms with Gasteiger partial charge in [0.2, 0.25) is 0 Å². The molecule has 2 N–H and O–H groups in total. The second kappa shape index (κ2) is 7.06. The smallest absolute Gasteiger partial charge is 0.315 e. The topological polar surface area (TPSA) is 50.4 Å². The lowest BCUT2D eigenvalue weighted by atomic mass is 10.0. The van der Waals surface area contributed by atoms with Crippen LogP contribution in [0.15, 0.2) is 36.4 Å². The van der Waals surface area contributed by atoms with Crippen LogP contribution in [0.1, 0.15) is 18.4 Å². The first-order valence-corrected chi connectivity index (χ1v) is 7.88. The van der Waals surface area contributed by atoms with Gasteiger partial charge in [0.15, 0.2) is 0 Å². The van der Waals surface area contributed by atoms with E-state index in [-0.39, 0.29) is 12.6 Å². The fourth-order valence-corrected chi connectivity index (χ4v) is 2.52. The maximum atomic E-state index is 11.7. The predicted octanol–water partition coefficient (Wildman–Crippen LogP) is 2.86. The van der Waals surface area contributed by atoms with Gasteiger partial charge in [-0.05, 0) is 47.7 Å². The van der Waals surface area contributed by atoms with E-state index >= 15 is 0 Å². The van der Waals surface area contributed by atoms with E-state index in [1.54, 1.807) is 0 Å². The van der Waals surface area contributed by atoms with Gasteiger partial charge < -0.3 is 15.4 Å². The molecule has 0 aromatic heterocycles. The number of ether oxygens (including phenoxy) is 1. The first-order valence-electron chi connectivity index (χ1n) is 7.88. The number of amides is 2. The van der Waals surface area contributed by atoms with Crippen molar-refractivity contribution in [3.05, 3.63) is 42.0 Å². The molecule has 2 aromatic carbocycles. The second-order valence-corrected chi connectivity index (χ2v) is 5.72. The zero-order valence-corrected chi connectivity index (χ0v) is 13.0. The maximum absolute atomic E-state index is 11.7. The third kappa shape index (κ3) is 4.17. The second-order valence-electron chi connectivity index (χ2n) is 5.72. The molecule has 0 aliphatic heterocycles. The van der Waals surface area contributed by atoms with Crippen LogP contribution < -0.4 is 15.4 Å². The third-order valence-corrected chi connectivity index (χ3v) is 3.86. The van der Waals surface area contributed by atoms with Crippen LogP contribution in [0.2, 0.25) is 0 Å². The van der Waals surface area contributed by atoms with Gasteiger partial charge in [-0.15, -0.1) is 6.42 Å². The van der Waals surface area contributed by atoms with Gasteiger partial charge in [0.25, 0.3) is 0 Å². The number of nitrogens with one attached hydrogen (secondary N) is 2. The molecule has 2 aromatic rings. The van der Waals surface area contributed by atoms with E-state index in [1.807, 2.05) is 24.3 Å². The van der Waals surface area contributed by atoms with Crippen LogP contribution in [0.5, 0.6) is 5.75 Å². The van der Waals surface area contributed by atoms with Crippen molar-refractivity contribution in [3.8, 4) is 18.1 Å². The lowest BCUT2D eigenvalue weighted by Gasteiger charge is -2.10. The number of urea groups is 1. The number of rotatable bonds is 6. The zero-order valence-electron chi connectivity index (χ0n) is 13.0. The molecule has 0 unspecified atom stereocenters. The van der Waals surface area contributed by atoms with Crippen molar-refractivity contribution in [2.45, 2.75) is 25.3 Å². The van der Waals surface area contributed by atoms with E-state index in [2.05, 4.69) is 28.7 Å². The Kier molecular flexibility index (Phi) is 4.68. The number of carbonyl (C=O) groups is 1. The van der Waals surface area contributed by atoms with Gasteiger partial charge in [0.1, 0.15) is 12.4 Å². The Labute approximate surface area is 136 Å². The molecule has 4 heteroatoms. The fraction of sp³-hybridized carbons (Fsp3) is 0.316.